The first-order valence-corrected chi connectivity index (χ1v) is 3.42. The molecule has 1 rings (SSSR count). The van der Waals surface area contributed by atoms with Crippen molar-refractivity contribution < 1.29 is 20.1 Å². The van der Waals surface area contributed by atoms with Crippen molar-refractivity contribution in [3.63, 3.8) is 0 Å². The van der Waals surface area contributed by atoms with Crippen LogP contribution < -0.4 is 0 Å². The number of carbonyl (C=O) groups is 1. The standard InChI is InChI=1S/C7H10O4/c8-3-4-1-2-5(9)7(11)6(4)10/h3-5,9-11H,1-2H2. The smallest absolute Gasteiger partial charge is 0.159 e. The summed E-state index contributed by atoms with van der Waals surface area (Å²) >= 11 is 0. The summed E-state index contributed by atoms with van der Waals surface area (Å²) in [5, 5.41) is 27.0. The van der Waals surface area contributed by atoms with Crippen molar-refractivity contribution in [1.29, 1.82) is 0 Å². The second kappa shape index (κ2) is 2.92. The van der Waals surface area contributed by atoms with Crippen molar-refractivity contribution in [3.8, 4) is 0 Å². The van der Waals surface area contributed by atoms with Crippen LogP contribution in [0, 0.1) is 5.92 Å². The van der Waals surface area contributed by atoms with Crippen LogP contribution in [-0.4, -0.2) is 27.7 Å². The Morgan fingerprint density at radius 3 is 2.45 bits per heavy atom. The molecule has 0 fully saturated rings. The number of aldehydes is 1. The van der Waals surface area contributed by atoms with Gasteiger partial charge in [0.15, 0.2) is 5.76 Å². The molecule has 62 valence electrons. The predicted octanol–water partition coefficient (Wildman–Crippen LogP) is 0.284. The van der Waals surface area contributed by atoms with E-state index >= 15 is 0 Å². The lowest BCUT2D eigenvalue weighted by atomic mass is 9.92. The fraction of sp³-hybridized carbons (Fsp3) is 0.571. The number of hydrogen-bond donors (Lipinski definition) is 3. The fourth-order valence-electron chi connectivity index (χ4n) is 1.10. The Hall–Kier alpha value is -1.03. The zero-order valence-corrected chi connectivity index (χ0v) is 5.90. The summed E-state index contributed by atoms with van der Waals surface area (Å²) in [7, 11) is 0. The van der Waals surface area contributed by atoms with Crippen molar-refractivity contribution in [3.05, 3.63) is 11.5 Å². The molecular formula is C7H10O4. The van der Waals surface area contributed by atoms with E-state index in [0.29, 0.717) is 19.1 Å². The van der Waals surface area contributed by atoms with Gasteiger partial charge >= 0.3 is 0 Å². The third kappa shape index (κ3) is 1.35. The van der Waals surface area contributed by atoms with E-state index in [-0.39, 0.29) is 0 Å². The molecule has 0 aromatic heterocycles. The van der Waals surface area contributed by atoms with Crippen molar-refractivity contribution in [2.24, 2.45) is 5.92 Å². The molecule has 1 aliphatic rings. The normalized spacial score (nSPS) is 32.1. The van der Waals surface area contributed by atoms with Crippen LogP contribution in [0.3, 0.4) is 0 Å². The largest absolute Gasteiger partial charge is 0.508 e. The first-order chi connectivity index (χ1) is 5.16. The topological polar surface area (TPSA) is 77.8 Å². The predicted molar refractivity (Wildman–Crippen MR) is 37.1 cm³/mol. The molecule has 2 atom stereocenters. The van der Waals surface area contributed by atoms with E-state index < -0.39 is 23.5 Å². The Morgan fingerprint density at radius 1 is 1.27 bits per heavy atom. The van der Waals surface area contributed by atoms with Gasteiger partial charge in [0.2, 0.25) is 0 Å². The summed E-state index contributed by atoms with van der Waals surface area (Å²) in [6, 6.07) is 0. The van der Waals surface area contributed by atoms with Gasteiger partial charge < -0.3 is 20.1 Å². The highest BCUT2D eigenvalue weighted by Crippen LogP contribution is 2.25. The van der Waals surface area contributed by atoms with Crippen LogP contribution >= 0.6 is 0 Å². The maximum atomic E-state index is 10.2. The average molecular weight is 158 g/mol. The molecule has 0 saturated carbocycles. The Kier molecular flexibility index (Phi) is 2.14. The van der Waals surface area contributed by atoms with Gasteiger partial charge in [-0.25, -0.2) is 0 Å². The molecule has 0 amide bonds. The summed E-state index contributed by atoms with van der Waals surface area (Å²) in [5.41, 5.74) is 0. The summed E-state index contributed by atoms with van der Waals surface area (Å²) in [6.45, 7) is 0. The van der Waals surface area contributed by atoms with Gasteiger partial charge in [-0.05, 0) is 12.8 Å². The van der Waals surface area contributed by atoms with Crippen molar-refractivity contribution in [2.45, 2.75) is 18.9 Å². The number of aliphatic hydroxyl groups excluding tert-OH is 3. The number of hydrogen-bond acceptors (Lipinski definition) is 4. The van der Waals surface area contributed by atoms with Crippen molar-refractivity contribution in [2.75, 3.05) is 0 Å². The van der Waals surface area contributed by atoms with E-state index in [2.05, 4.69) is 0 Å². The molecule has 11 heavy (non-hydrogen) atoms. The van der Waals surface area contributed by atoms with Crippen LogP contribution in [0.5, 0.6) is 0 Å². The Balaban J connectivity index is 2.86. The van der Waals surface area contributed by atoms with Gasteiger partial charge in [-0.1, -0.05) is 0 Å². The molecule has 2 unspecified atom stereocenters. The van der Waals surface area contributed by atoms with Crippen molar-refractivity contribution >= 4 is 6.29 Å². The first-order valence-electron chi connectivity index (χ1n) is 3.42. The second-order valence-corrected chi connectivity index (χ2v) is 2.61. The Bertz CT molecular complexity index is 197. The van der Waals surface area contributed by atoms with E-state index in [4.69, 9.17) is 15.3 Å². The molecule has 0 aromatic carbocycles. The quantitative estimate of drug-likeness (QED) is 0.479. The average Bonchev–Trinajstić information content (AvgIpc) is 2.01. The molecular weight excluding hydrogens is 148 g/mol. The molecule has 0 aliphatic heterocycles. The van der Waals surface area contributed by atoms with Crippen molar-refractivity contribution in [1.82, 2.24) is 0 Å². The lowest BCUT2D eigenvalue weighted by Gasteiger charge is -2.21. The minimum atomic E-state index is -1.01. The molecule has 0 saturated heterocycles. The van der Waals surface area contributed by atoms with Crippen LogP contribution in [0.1, 0.15) is 12.8 Å². The third-order valence-electron chi connectivity index (χ3n) is 1.84. The number of carbonyl (C=O) groups excluding carboxylic acids is 1. The molecule has 4 nitrogen and oxygen atoms in total. The molecule has 0 spiro atoms. The lowest BCUT2D eigenvalue weighted by Crippen LogP contribution is -2.23. The van der Waals surface area contributed by atoms with Gasteiger partial charge in [0.05, 0.1) is 5.92 Å². The van der Waals surface area contributed by atoms with E-state index in [1.807, 2.05) is 0 Å². The molecule has 1 aliphatic carbocycles. The molecule has 3 N–H and O–H groups in total. The maximum absolute atomic E-state index is 10.2. The van der Waals surface area contributed by atoms with Gasteiger partial charge in [-0.15, -0.1) is 0 Å². The van der Waals surface area contributed by atoms with E-state index in [0.717, 1.165) is 0 Å². The first kappa shape index (κ1) is 8.07. The summed E-state index contributed by atoms with van der Waals surface area (Å²) < 4.78 is 0. The second-order valence-electron chi connectivity index (χ2n) is 2.61. The molecule has 0 bridgehead atoms. The monoisotopic (exact) mass is 158 g/mol. The highest BCUT2D eigenvalue weighted by molar-refractivity contribution is 5.58. The Labute approximate surface area is 63.8 Å². The minimum Gasteiger partial charge on any atom is -0.508 e. The van der Waals surface area contributed by atoms with Gasteiger partial charge in [-0.2, -0.15) is 0 Å². The van der Waals surface area contributed by atoms with Crippen LogP contribution in [0.2, 0.25) is 0 Å². The molecule has 4 heteroatoms. The number of aliphatic hydroxyl groups is 3. The highest BCUT2D eigenvalue weighted by Gasteiger charge is 2.27. The summed E-state index contributed by atoms with van der Waals surface area (Å²) in [5.74, 6) is -1.49. The fourth-order valence-corrected chi connectivity index (χ4v) is 1.10. The summed E-state index contributed by atoms with van der Waals surface area (Å²) in [6.07, 6.45) is 0.267. The van der Waals surface area contributed by atoms with E-state index in [1.54, 1.807) is 0 Å². The van der Waals surface area contributed by atoms with Crippen LogP contribution in [-0.2, 0) is 4.79 Å². The van der Waals surface area contributed by atoms with Crippen LogP contribution in [0.25, 0.3) is 0 Å². The lowest BCUT2D eigenvalue weighted by molar-refractivity contribution is -0.111. The van der Waals surface area contributed by atoms with Crippen LogP contribution in [0.4, 0.5) is 0 Å². The van der Waals surface area contributed by atoms with Gasteiger partial charge in [0, 0.05) is 0 Å². The molecule has 0 aromatic rings. The third-order valence-corrected chi connectivity index (χ3v) is 1.84. The zero-order valence-electron chi connectivity index (χ0n) is 5.90. The highest BCUT2D eigenvalue weighted by atomic mass is 16.3. The number of rotatable bonds is 1. The SMILES string of the molecule is O=CC1CCC(O)C(O)=C1O. The van der Waals surface area contributed by atoms with E-state index in [1.165, 1.54) is 0 Å². The summed E-state index contributed by atoms with van der Waals surface area (Å²) in [4.78, 5) is 10.2. The Morgan fingerprint density at radius 2 is 1.91 bits per heavy atom. The zero-order chi connectivity index (χ0) is 8.43. The van der Waals surface area contributed by atoms with Gasteiger partial charge in [0.1, 0.15) is 18.1 Å². The van der Waals surface area contributed by atoms with E-state index in [9.17, 15) is 4.79 Å². The maximum Gasteiger partial charge on any atom is 0.159 e. The number of allylic oxidation sites excluding steroid dienone is 1. The minimum absolute atomic E-state index is 0.319. The van der Waals surface area contributed by atoms with Crippen LogP contribution in [0.15, 0.2) is 11.5 Å². The molecule has 0 heterocycles. The van der Waals surface area contributed by atoms with Gasteiger partial charge in [-0.3, -0.25) is 0 Å². The van der Waals surface area contributed by atoms with Gasteiger partial charge in [0.25, 0.3) is 0 Å². The molecule has 0 radical (unpaired) electrons.